The number of halogens is 3. The van der Waals surface area contributed by atoms with E-state index in [0.717, 1.165) is 5.57 Å². The lowest BCUT2D eigenvalue weighted by Gasteiger charge is -2.06. The Labute approximate surface area is 106 Å². The molecule has 1 aliphatic carbocycles. The molecule has 0 aromatic heterocycles. The van der Waals surface area contributed by atoms with Gasteiger partial charge in [-0.25, -0.2) is 0 Å². The summed E-state index contributed by atoms with van der Waals surface area (Å²) < 4.78 is 0. The third-order valence-corrected chi connectivity index (χ3v) is 4.89. The van der Waals surface area contributed by atoms with Crippen LogP contribution in [0.3, 0.4) is 0 Å². The molecule has 15 heavy (non-hydrogen) atoms. The summed E-state index contributed by atoms with van der Waals surface area (Å²) in [7, 11) is 0. The van der Waals surface area contributed by atoms with E-state index < -0.39 is 21.1 Å². The molecule has 2 unspecified atom stereocenters. The van der Waals surface area contributed by atoms with E-state index in [1.165, 1.54) is 0 Å². The standard InChI is InChI=1S/C10H14Cl2O2.ClH/c1-6(2)5-9(11)8(3,4)10(9,12)7(13)14;/h5H,1-4H3,(H,13,14);1H. The molecule has 88 valence electrons. The molecule has 0 saturated heterocycles. The van der Waals surface area contributed by atoms with E-state index in [2.05, 4.69) is 0 Å². The Kier molecular flexibility index (Phi) is 3.85. The van der Waals surface area contributed by atoms with Gasteiger partial charge < -0.3 is 5.11 Å². The SMILES string of the molecule is CC(C)=CC1(Cl)C(C)(C)C1(Cl)C(=O)O.Cl. The summed E-state index contributed by atoms with van der Waals surface area (Å²) in [5.41, 5.74) is 0.337. The largest absolute Gasteiger partial charge is 0.480 e. The number of hydrogen-bond donors (Lipinski definition) is 1. The number of allylic oxidation sites excluding steroid dienone is 2. The maximum atomic E-state index is 11.1. The van der Waals surface area contributed by atoms with Crippen LogP contribution in [0.25, 0.3) is 0 Å². The van der Waals surface area contributed by atoms with E-state index in [0.29, 0.717) is 0 Å². The molecule has 5 heteroatoms. The lowest BCUT2D eigenvalue weighted by atomic mass is 10.1. The Hall–Kier alpha value is 0.0800. The summed E-state index contributed by atoms with van der Waals surface area (Å²) in [6.45, 7) is 7.27. The maximum Gasteiger partial charge on any atom is 0.327 e. The zero-order valence-electron chi connectivity index (χ0n) is 9.10. The smallest absolute Gasteiger partial charge is 0.327 e. The number of alkyl halides is 2. The summed E-state index contributed by atoms with van der Waals surface area (Å²) in [4.78, 5) is 8.68. The summed E-state index contributed by atoms with van der Waals surface area (Å²) in [5.74, 6) is -1.06. The highest BCUT2D eigenvalue weighted by molar-refractivity contribution is 6.49. The van der Waals surface area contributed by atoms with E-state index in [4.69, 9.17) is 28.3 Å². The molecule has 2 nitrogen and oxygen atoms in total. The molecule has 1 fully saturated rings. The predicted octanol–water partition coefficient (Wildman–Crippen LogP) is 3.45. The van der Waals surface area contributed by atoms with Crippen molar-refractivity contribution in [2.24, 2.45) is 5.41 Å². The van der Waals surface area contributed by atoms with Gasteiger partial charge in [0.2, 0.25) is 0 Å². The van der Waals surface area contributed by atoms with Crippen LogP contribution >= 0.6 is 35.6 Å². The molecule has 1 aliphatic rings. The van der Waals surface area contributed by atoms with E-state index in [1.807, 2.05) is 13.8 Å². The number of rotatable bonds is 2. The molecular formula is C10H15Cl3O2. The van der Waals surface area contributed by atoms with Crippen molar-refractivity contribution in [3.8, 4) is 0 Å². The fraction of sp³-hybridized carbons (Fsp3) is 0.700. The van der Waals surface area contributed by atoms with Crippen LogP contribution in [0.4, 0.5) is 0 Å². The van der Waals surface area contributed by atoms with Gasteiger partial charge in [0.25, 0.3) is 0 Å². The monoisotopic (exact) mass is 272 g/mol. The maximum absolute atomic E-state index is 11.1. The van der Waals surface area contributed by atoms with Crippen LogP contribution in [-0.2, 0) is 4.79 Å². The summed E-state index contributed by atoms with van der Waals surface area (Å²) in [5, 5.41) is 9.05. The van der Waals surface area contributed by atoms with Gasteiger partial charge in [0.05, 0.1) is 0 Å². The van der Waals surface area contributed by atoms with Crippen LogP contribution in [0, 0.1) is 5.41 Å². The van der Waals surface area contributed by atoms with Crippen LogP contribution in [0.5, 0.6) is 0 Å². The molecule has 1 saturated carbocycles. The molecule has 2 atom stereocenters. The van der Waals surface area contributed by atoms with Gasteiger partial charge in [-0.1, -0.05) is 25.5 Å². The van der Waals surface area contributed by atoms with Crippen molar-refractivity contribution >= 4 is 41.6 Å². The lowest BCUT2D eigenvalue weighted by molar-refractivity contribution is -0.138. The summed E-state index contributed by atoms with van der Waals surface area (Å²) in [6.07, 6.45) is 1.73. The van der Waals surface area contributed by atoms with Gasteiger partial charge in [0.1, 0.15) is 4.87 Å². The minimum absolute atomic E-state index is 0. The van der Waals surface area contributed by atoms with Gasteiger partial charge in [-0.3, -0.25) is 4.79 Å². The molecule has 1 N–H and O–H groups in total. The molecular weight excluding hydrogens is 258 g/mol. The Morgan fingerprint density at radius 3 is 1.87 bits per heavy atom. The number of aliphatic carboxylic acids is 1. The first-order valence-corrected chi connectivity index (χ1v) is 5.14. The second kappa shape index (κ2) is 3.83. The van der Waals surface area contributed by atoms with Crippen LogP contribution in [0.1, 0.15) is 27.7 Å². The molecule has 0 bridgehead atoms. The fourth-order valence-corrected chi connectivity index (χ4v) is 2.97. The second-order valence-corrected chi connectivity index (χ2v) is 5.69. The molecule has 0 aliphatic heterocycles. The second-order valence-electron chi connectivity index (χ2n) is 4.52. The van der Waals surface area contributed by atoms with Gasteiger partial charge in [0.15, 0.2) is 4.87 Å². The van der Waals surface area contributed by atoms with Crippen LogP contribution in [0.2, 0.25) is 0 Å². The van der Waals surface area contributed by atoms with Gasteiger partial charge in [0, 0.05) is 5.41 Å². The van der Waals surface area contributed by atoms with Crippen molar-refractivity contribution in [1.29, 1.82) is 0 Å². The first-order valence-electron chi connectivity index (χ1n) is 4.38. The van der Waals surface area contributed by atoms with E-state index in [1.54, 1.807) is 19.9 Å². The van der Waals surface area contributed by atoms with Crippen LogP contribution in [0.15, 0.2) is 11.6 Å². The van der Waals surface area contributed by atoms with Gasteiger partial charge >= 0.3 is 5.97 Å². The Balaban J connectivity index is 0.00000196. The average Bonchev–Trinajstić information content (AvgIpc) is 2.30. The average molecular weight is 274 g/mol. The van der Waals surface area contributed by atoms with Crippen molar-refractivity contribution in [2.75, 3.05) is 0 Å². The number of carboxylic acids is 1. The normalized spacial score (nSPS) is 36.4. The molecule has 0 amide bonds. The van der Waals surface area contributed by atoms with Gasteiger partial charge in [-0.05, 0) is 13.8 Å². The van der Waals surface area contributed by atoms with E-state index in [9.17, 15) is 4.79 Å². The van der Waals surface area contributed by atoms with Crippen molar-refractivity contribution in [2.45, 2.75) is 37.4 Å². The highest BCUT2D eigenvalue weighted by Crippen LogP contribution is 2.73. The number of hydrogen-bond acceptors (Lipinski definition) is 1. The quantitative estimate of drug-likeness (QED) is 0.618. The first kappa shape index (κ1) is 15.1. The zero-order valence-corrected chi connectivity index (χ0v) is 11.4. The Bertz CT molecular complexity index is 321. The molecule has 0 aromatic rings. The third kappa shape index (κ3) is 1.58. The summed E-state index contributed by atoms with van der Waals surface area (Å²) in [6, 6.07) is 0. The van der Waals surface area contributed by atoms with Crippen LogP contribution < -0.4 is 0 Å². The molecule has 0 radical (unpaired) electrons. The van der Waals surface area contributed by atoms with Crippen molar-refractivity contribution in [3.63, 3.8) is 0 Å². The molecule has 0 spiro atoms. The van der Waals surface area contributed by atoms with Crippen molar-refractivity contribution in [1.82, 2.24) is 0 Å². The number of carboxylic acid groups (broad SMARTS) is 1. The summed E-state index contributed by atoms with van der Waals surface area (Å²) >= 11 is 12.3. The highest BCUT2D eigenvalue weighted by atomic mass is 35.5. The van der Waals surface area contributed by atoms with Gasteiger partial charge in [-0.2, -0.15) is 0 Å². The Morgan fingerprint density at radius 2 is 1.67 bits per heavy atom. The third-order valence-electron chi connectivity index (χ3n) is 2.99. The van der Waals surface area contributed by atoms with E-state index in [-0.39, 0.29) is 12.4 Å². The highest BCUT2D eigenvalue weighted by Gasteiger charge is 2.85. The van der Waals surface area contributed by atoms with E-state index >= 15 is 0 Å². The molecule has 1 rings (SSSR count). The topological polar surface area (TPSA) is 37.3 Å². The molecule has 0 heterocycles. The number of carbonyl (C=O) groups is 1. The predicted molar refractivity (Wildman–Crippen MR) is 65.3 cm³/mol. The van der Waals surface area contributed by atoms with Crippen molar-refractivity contribution < 1.29 is 9.90 Å². The minimum Gasteiger partial charge on any atom is -0.480 e. The Morgan fingerprint density at radius 1 is 1.27 bits per heavy atom. The molecule has 0 aromatic carbocycles. The zero-order chi connectivity index (χ0) is 11.4. The van der Waals surface area contributed by atoms with Crippen molar-refractivity contribution in [3.05, 3.63) is 11.6 Å². The van der Waals surface area contributed by atoms with Crippen LogP contribution in [-0.4, -0.2) is 20.8 Å². The first-order chi connectivity index (χ1) is 6.11. The van der Waals surface area contributed by atoms with Gasteiger partial charge in [-0.15, -0.1) is 35.6 Å². The lowest BCUT2D eigenvalue weighted by Crippen LogP contribution is -2.24. The fourth-order valence-electron chi connectivity index (χ4n) is 1.90. The minimum atomic E-state index is -1.39.